The van der Waals surface area contributed by atoms with Gasteiger partial charge in [0.15, 0.2) is 5.82 Å². The van der Waals surface area contributed by atoms with E-state index in [1.54, 1.807) is 24.3 Å². The Hall–Kier alpha value is -3.68. The van der Waals surface area contributed by atoms with Crippen LogP contribution < -0.4 is 10.6 Å². The fraction of sp³-hybridized carbons (Fsp3) is 0.238. The summed E-state index contributed by atoms with van der Waals surface area (Å²) >= 11 is 0. The van der Waals surface area contributed by atoms with Gasteiger partial charge < -0.3 is 15.7 Å². The molecule has 0 saturated heterocycles. The summed E-state index contributed by atoms with van der Waals surface area (Å²) in [7, 11) is 0. The van der Waals surface area contributed by atoms with Crippen LogP contribution in [0.3, 0.4) is 0 Å². The van der Waals surface area contributed by atoms with Crippen LogP contribution in [-0.4, -0.2) is 38.6 Å². The van der Waals surface area contributed by atoms with Crippen LogP contribution in [-0.2, 0) is 16.0 Å². The molecule has 2 amide bonds. The number of hydrogen-bond acceptors (Lipinski definition) is 5. The number of amides is 2. The molecule has 1 aliphatic rings. The van der Waals surface area contributed by atoms with Gasteiger partial charge in [0.2, 0.25) is 11.8 Å². The summed E-state index contributed by atoms with van der Waals surface area (Å²) < 4.78 is 0. The van der Waals surface area contributed by atoms with Crippen LogP contribution in [0.15, 0.2) is 48.5 Å². The number of nitrogens with one attached hydrogen (secondary N) is 3. The summed E-state index contributed by atoms with van der Waals surface area (Å²) in [4.78, 5) is 28.5. The number of rotatable bonds is 7. The number of aromatic hydroxyl groups is 1. The van der Waals surface area contributed by atoms with E-state index in [0.29, 0.717) is 17.4 Å². The SMILES string of the molecule is O=C(Cc1ccc(O)cc1)NCC(=O)Nc1ccc(-c2n[nH]c(C3CC3)n2)cc1. The summed E-state index contributed by atoms with van der Waals surface area (Å²) in [6, 6.07) is 13.6. The van der Waals surface area contributed by atoms with E-state index in [-0.39, 0.29) is 30.5 Å². The molecule has 1 fully saturated rings. The van der Waals surface area contributed by atoms with Crippen molar-refractivity contribution in [1.82, 2.24) is 20.5 Å². The number of H-pyrrole nitrogens is 1. The van der Waals surface area contributed by atoms with Crippen LogP contribution >= 0.6 is 0 Å². The van der Waals surface area contributed by atoms with Crippen LogP contribution in [0.4, 0.5) is 5.69 Å². The lowest BCUT2D eigenvalue weighted by atomic mass is 10.1. The van der Waals surface area contributed by atoms with Gasteiger partial charge in [-0.3, -0.25) is 14.7 Å². The Balaban J connectivity index is 1.25. The van der Waals surface area contributed by atoms with Crippen LogP contribution in [0.1, 0.15) is 30.1 Å². The first-order valence-corrected chi connectivity index (χ1v) is 9.44. The number of carbonyl (C=O) groups excluding carboxylic acids is 2. The molecule has 2 aromatic carbocycles. The van der Waals surface area contributed by atoms with E-state index in [9.17, 15) is 14.7 Å². The first-order valence-electron chi connectivity index (χ1n) is 9.44. The zero-order chi connectivity index (χ0) is 20.2. The predicted molar refractivity (Wildman–Crippen MR) is 107 cm³/mol. The number of phenolic OH excluding ortho intramolecular Hbond substituents is 1. The molecule has 3 aromatic rings. The summed E-state index contributed by atoms with van der Waals surface area (Å²) in [5.74, 6) is 1.65. The first-order chi connectivity index (χ1) is 14.1. The van der Waals surface area contributed by atoms with E-state index in [0.717, 1.165) is 29.8 Å². The van der Waals surface area contributed by atoms with Crippen molar-refractivity contribution in [2.24, 2.45) is 0 Å². The van der Waals surface area contributed by atoms with Crippen molar-refractivity contribution in [2.45, 2.75) is 25.2 Å². The Morgan fingerprint density at radius 1 is 1.03 bits per heavy atom. The Morgan fingerprint density at radius 3 is 2.45 bits per heavy atom. The molecule has 148 valence electrons. The minimum Gasteiger partial charge on any atom is -0.508 e. The van der Waals surface area contributed by atoms with Gasteiger partial charge in [0.05, 0.1) is 13.0 Å². The summed E-state index contributed by atoms with van der Waals surface area (Å²) in [6.45, 7) is -0.121. The standard InChI is InChI=1S/C21H21N5O3/c27-17-9-1-13(2-10-17)11-18(28)22-12-19(29)23-16-7-5-15(6-8-16)21-24-20(25-26-21)14-3-4-14/h1-2,5-10,14,27H,3-4,11-12H2,(H,22,28)(H,23,29)(H,24,25,26). The van der Waals surface area contributed by atoms with E-state index >= 15 is 0 Å². The zero-order valence-corrected chi connectivity index (χ0v) is 15.7. The smallest absolute Gasteiger partial charge is 0.243 e. The van der Waals surface area contributed by atoms with Crippen molar-refractivity contribution in [1.29, 1.82) is 0 Å². The lowest BCUT2D eigenvalue weighted by Crippen LogP contribution is -2.33. The van der Waals surface area contributed by atoms with Crippen molar-refractivity contribution in [3.8, 4) is 17.1 Å². The van der Waals surface area contributed by atoms with Gasteiger partial charge in [-0.25, -0.2) is 4.98 Å². The number of nitrogens with zero attached hydrogens (tertiary/aromatic N) is 2. The van der Waals surface area contributed by atoms with E-state index in [1.807, 2.05) is 12.1 Å². The molecular formula is C21H21N5O3. The number of hydrogen-bond donors (Lipinski definition) is 4. The van der Waals surface area contributed by atoms with Gasteiger partial charge in [-0.2, -0.15) is 5.10 Å². The fourth-order valence-corrected chi connectivity index (χ4v) is 2.89. The van der Waals surface area contributed by atoms with E-state index in [2.05, 4.69) is 25.8 Å². The highest BCUT2D eigenvalue weighted by Crippen LogP contribution is 2.38. The topological polar surface area (TPSA) is 120 Å². The van der Waals surface area contributed by atoms with Crippen molar-refractivity contribution in [3.05, 3.63) is 59.9 Å². The third-order valence-electron chi connectivity index (χ3n) is 4.64. The molecule has 1 saturated carbocycles. The zero-order valence-electron chi connectivity index (χ0n) is 15.7. The highest BCUT2D eigenvalue weighted by molar-refractivity contribution is 5.94. The van der Waals surface area contributed by atoms with E-state index in [1.165, 1.54) is 12.1 Å². The molecule has 0 radical (unpaired) electrons. The molecule has 0 unspecified atom stereocenters. The quantitative estimate of drug-likeness (QED) is 0.493. The fourth-order valence-electron chi connectivity index (χ4n) is 2.89. The van der Waals surface area contributed by atoms with Crippen molar-refractivity contribution in [3.63, 3.8) is 0 Å². The molecule has 1 heterocycles. The maximum atomic E-state index is 12.1. The average Bonchev–Trinajstić information content (AvgIpc) is 3.46. The lowest BCUT2D eigenvalue weighted by molar-refractivity contribution is -0.123. The van der Waals surface area contributed by atoms with Crippen LogP contribution in [0.25, 0.3) is 11.4 Å². The molecule has 4 rings (SSSR count). The molecule has 29 heavy (non-hydrogen) atoms. The van der Waals surface area contributed by atoms with Gasteiger partial charge in [-0.1, -0.05) is 12.1 Å². The third-order valence-corrected chi connectivity index (χ3v) is 4.64. The monoisotopic (exact) mass is 391 g/mol. The lowest BCUT2D eigenvalue weighted by Gasteiger charge is -2.07. The average molecular weight is 391 g/mol. The Kier molecular flexibility index (Phi) is 5.24. The third kappa shape index (κ3) is 4.98. The summed E-state index contributed by atoms with van der Waals surface area (Å²) in [5.41, 5.74) is 2.26. The van der Waals surface area contributed by atoms with Gasteiger partial charge in [0.25, 0.3) is 0 Å². The Labute approximate surface area is 167 Å². The number of aromatic amines is 1. The normalized spacial score (nSPS) is 13.1. The number of anilines is 1. The molecule has 4 N–H and O–H groups in total. The van der Waals surface area contributed by atoms with Crippen molar-refractivity contribution >= 4 is 17.5 Å². The molecule has 1 aromatic heterocycles. The number of aromatic nitrogens is 3. The maximum absolute atomic E-state index is 12.1. The minimum absolute atomic E-state index is 0.121. The van der Waals surface area contributed by atoms with Crippen LogP contribution in [0.2, 0.25) is 0 Å². The Morgan fingerprint density at radius 2 is 1.76 bits per heavy atom. The number of phenols is 1. The van der Waals surface area contributed by atoms with Crippen LogP contribution in [0, 0.1) is 0 Å². The van der Waals surface area contributed by atoms with Gasteiger partial charge in [-0.05, 0) is 54.8 Å². The first kappa shape index (κ1) is 18.7. The summed E-state index contributed by atoms with van der Waals surface area (Å²) in [6.07, 6.45) is 2.46. The van der Waals surface area contributed by atoms with Gasteiger partial charge in [0.1, 0.15) is 11.6 Å². The van der Waals surface area contributed by atoms with Gasteiger partial charge in [-0.15, -0.1) is 0 Å². The number of benzene rings is 2. The molecule has 0 atom stereocenters. The van der Waals surface area contributed by atoms with Crippen LogP contribution in [0.5, 0.6) is 5.75 Å². The molecule has 0 spiro atoms. The highest BCUT2D eigenvalue weighted by Gasteiger charge is 2.27. The van der Waals surface area contributed by atoms with Gasteiger partial charge >= 0.3 is 0 Å². The maximum Gasteiger partial charge on any atom is 0.243 e. The largest absolute Gasteiger partial charge is 0.508 e. The number of carbonyl (C=O) groups is 2. The predicted octanol–water partition coefficient (Wildman–Crippen LogP) is 2.35. The van der Waals surface area contributed by atoms with Gasteiger partial charge in [0, 0.05) is 17.2 Å². The molecule has 0 aliphatic heterocycles. The molecule has 0 bridgehead atoms. The molecule has 8 heteroatoms. The van der Waals surface area contributed by atoms with Crippen molar-refractivity contribution in [2.75, 3.05) is 11.9 Å². The van der Waals surface area contributed by atoms with Crippen molar-refractivity contribution < 1.29 is 14.7 Å². The molecular weight excluding hydrogens is 370 g/mol. The highest BCUT2D eigenvalue weighted by atomic mass is 16.3. The second-order valence-corrected chi connectivity index (χ2v) is 7.06. The van der Waals surface area contributed by atoms with E-state index < -0.39 is 0 Å². The molecule has 8 nitrogen and oxygen atoms in total. The summed E-state index contributed by atoms with van der Waals surface area (Å²) in [5, 5.41) is 21.8. The minimum atomic E-state index is -0.314. The second kappa shape index (κ2) is 8.14. The second-order valence-electron chi connectivity index (χ2n) is 7.06. The van der Waals surface area contributed by atoms with E-state index in [4.69, 9.17) is 0 Å². The molecule has 1 aliphatic carbocycles. The Bertz CT molecular complexity index is 1010.